The van der Waals surface area contributed by atoms with E-state index in [-0.39, 0.29) is 53.9 Å². The van der Waals surface area contributed by atoms with E-state index >= 15 is 0 Å². The smallest absolute Gasteiger partial charge is 0.241 e. The fourth-order valence-corrected chi connectivity index (χ4v) is 8.28. The molecule has 1 aromatic heterocycles. The van der Waals surface area contributed by atoms with E-state index < -0.39 is 24.7 Å². The van der Waals surface area contributed by atoms with Gasteiger partial charge in [0.15, 0.2) is 0 Å². The van der Waals surface area contributed by atoms with Gasteiger partial charge in [-0.05, 0) is 106 Å². The third-order valence-electron chi connectivity index (χ3n) is 10.6. The number of nitrogens with zero attached hydrogens (tertiary/aromatic N) is 2. The molecule has 2 N–H and O–H groups in total. The average Bonchev–Trinajstić information content (AvgIpc) is 3.70. The molecule has 0 aliphatic heterocycles. The van der Waals surface area contributed by atoms with Crippen LogP contribution in [0, 0.1) is 52.8 Å². The van der Waals surface area contributed by atoms with Gasteiger partial charge in [0.25, 0.3) is 0 Å². The summed E-state index contributed by atoms with van der Waals surface area (Å²) >= 11 is 0. The SMILES string of the molecule is CC1CC([C@@H](NC(=O)C2CC(Cn3ccn(C)c3=N)CC(C3CCC(F)CC3C(F)F)C2)C2CC2)CCC1F. The summed E-state index contributed by atoms with van der Waals surface area (Å²) in [5.74, 6) is -0.772. The van der Waals surface area contributed by atoms with Crippen LogP contribution in [0.5, 0.6) is 0 Å². The zero-order chi connectivity index (χ0) is 27.8. The van der Waals surface area contributed by atoms with Crippen LogP contribution in [-0.2, 0) is 18.4 Å². The Kier molecular flexibility index (Phi) is 8.82. The Balaban J connectivity index is 1.33. The molecule has 220 valence electrons. The Morgan fingerprint density at radius 2 is 1.74 bits per heavy atom. The monoisotopic (exact) mass is 554 g/mol. The number of amides is 1. The summed E-state index contributed by atoms with van der Waals surface area (Å²) in [5.41, 5.74) is 0.368. The predicted octanol–water partition coefficient (Wildman–Crippen LogP) is 6.03. The molecule has 5 nitrogen and oxygen atoms in total. The predicted molar refractivity (Wildman–Crippen MR) is 141 cm³/mol. The van der Waals surface area contributed by atoms with Gasteiger partial charge in [-0.2, -0.15) is 0 Å². The number of hydrogen-bond acceptors (Lipinski definition) is 2. The Morgan fingerprint density at radius 1 is 1.00 bits per heavy atom. The van der Waals surface area contributed by atoms with E-state index in [9.17, 15) is 22.4 Å². The zero-order valence-electron chi connectivity index (χ0n) is 23.4. The highest BCUT2D eigenvalue weighted by Crippen LogP contribution is 2.48. The van der Waals surface area contributed by atoms with Crippen LogP contribution in [0.2, 0.25) is 0 Å². The van der Waals surface area contributed by atoms with Crippen molar-refractivity contribution in [1.29, 1.82) is 5.41 Å². The number of alkyl halides is 4. The number of aryl methyl sites for hydroxylation is 1. The molecule has 10 atom stereocenters. The second-order valence-electron chi connectivity index (χ2n) is 13.4. The molecule has 4 fully saturated rings. The number of hydrogen-bond donors (Lipinski definition) is 2. The summed E-state index contributed by atoms with van der Waals surface area (Å²) in [6, 6.07) is 0.0606. The summed E-state index contributed by atoms with van der Waals surface area (Å²) in [7, 11) is 1.82. The summed E-state index contributed by atoms with van der Waals surface area (Å²) in [4.78, 5) is 13.9. The van der Waals surface area contributed by atoms with Crippen LogP contribution in [0.4, 0.5) is 17.6 Å². The standard InChI is InChI=1S/C30H46F4N4O/c1-17-11-20(5-8-26(17)32)27(19-3-4-19)36-29(39)22-13-18(16-38-10-9-37(2)30(38)35)12-21(14-22)24-7-6-23(31)15-25(24)28(33)34/h9-10,17-28,35H,3-8,11-16H2,1-2H3,(H,36,39)/t17?,18?,20?,21?,22?,23?,24?,25?,26?,27-/m0/s1. The molecule has 0 radical (unpaired) electrons. The van der Waals surface area contributed by atoms with Gasteiger partial charge in [0.1, 0.15) is 12.3 Å². The van der Waals surface area contributed by atoms with Crippen LogP contribution >= 0.6 is 0 Å². The molecule has 0 saturated heterocycles. The molecule has 4 aliphatic carbocycles. The first-order valence-corrected chi connectivity index (χ1v) is 15.2. The molecule has 0 spiro atoms. The lowest BCUT2D eigenvalue weighted by Crippen LogP contribution is -2.49. The molecule has 9 heteroatoms. The third kappa shape index (κ3) is 6.58. The summed E-state index contributed by atoms with van der Waals surface area (Å²) in [5, 5.41) is 11.8. The Morgan fingerprint density at radius 3 is 2.38 bits per heavy atom. The summed E-state index contributed by atoms with van der Waals surface area (Å²) in [6.07, 6.45) is 6.11. The van der Waals surface area contributed by atoms with Gasteiger partial charge < -0.3 is 14.5 Å². The first kappa shape index (κ1) is 28.7. The van der Waals surface area contributed by atoms with Crippen molar-refractivity contribution in [2.75, 3.05) is 0 Å². The van der Waals surface area contributed by atoms with Crippen molar-refractivity contribution in [1.82, 2.24) is 14.5 Å². The lowest BCUT2D eigenvalue weighted by molar-refractivity contribution is -0.130. The summed E-state index contributed by atoms with van der Waals surface area (Å²) < 4.78 is 60.1. The number of rotatable bonds is 8. The first-order chi connectivity index (χ1) is 18.6. The van der Waals surface area contributed by atoms with Gasteiger partial charge in [0, 0.05) is 43.9 Å². The number of halogens is 4. The fourth-order valence-electron chi connectivity index (χ4n) is 8.28. The number of imidazole rings is 1. The van der Waals surface area contributed by atoms with Crippen molar-refractivity contribution in [2.24, 2.45) is 54.4 Å². The highest BCUT2D eigenvalue weighted by atomic mass is 19.3. The molecular formula is C30H46F4N4O. The van der Waals surface area contributed by atoms with Crippen molar-refractivity contribution in [3.8, 4) is 0 Å². The normalized spacial score (nSPS) is 38.5. The van der Waals surface area contributed by atoms with Crippen LogP contribution < -0.4 is 10.9 Å². The molecule has 1 heterocycles. The third-order valence-corrected chi connectivity index (χ3v) is 10.6. The fraction of sp³-hybridized carbons (Fsp3) is 0.867. The molecule has 4 aliphatic rings. The molecule has 1 aromatic rings. The molecule has 0 bridgehead atoms. The van der Waals surface area contributed by atoms with Gasteiger partial charge in [-0.3, -0.25) is 10.2 Å². The van der Waals surface area contributed by atoms with Gasteiger partial charge in [-0.15, -0.1) is 0 Å². The van der Waals surface area contributed by atoms with Gasteiger partial charge in [-0.25, -0.2) is 17.6 Å². The van der Waals surface area contributed by atoms with Crippen molar-refractivity contribution in [2.45, 2.75) is 109 Å². The van der Waals surface area contributed by atoms with Crippen molar-refractivity contribution in [3.05, 3.63) is 18.0 Å². The van der Waals surface area contributed by atoms with Crippen LogP contribution in [0.3, 0.4) is 0 Å². The molecule has 0 aromatic carbocycles. The Hall–Kier alpha value is -1.80. The molecule has 9 unspecified atom stereocenters. The highest BCUT2D eigenvalue weighted by molar-refractivity contribution is 5.79. The van der Waals surface area contributed by atoms with E-state index in [1.807, 2.05) is 30.9 Å². The quantitative estimate of drug-likeness (QED) is 0.379. The zero-order valence-corrected chi connectivity index (χ0v) is 23.4. The second kappa shape index (κ2) is 12.0. The minimum absolute atomic E-state index is 0.00391. The number of aromatic nitrogens is 2. The molecule has 1 amide bonds. The number of carbonyl (C=O) groups is 1. The van der Waals surface area contributed by atoms with Crippen molar-refractivity contribution < 1.29 is 22.4 Å². The summed E-state index contributed by atoms with van der Waals surface area (Å²) in [6.45, 7) is 2.54. The maximum Gasteiger partial charge on any atom is 0.241 e. The first-order valence-electron chi connectivity index (χ1n) is 15.2. The maximum atomic E-state index is 14.2. The lowest BCUT2D eigenvalue weighted by atomic mass is 9.63. The van der Waals surface area contributed by atoms with Gasteiger partial charge in [0.2, 0.25) is 18.0 Å². The molecular weight excluding hydrogens is 508 g/mol. The Labute approximate surface area is 229 Å². The second-order valence-corrected chi connectivity index (χ2v) is 13.4. The minimum Gasteiger partial charge on any atom is -0.353 e. The van der Waals surface area contributed by atoms with Gasteiger partial charge >= 0.3 is 0 Å². The average molecular weight is 555 g/mol. The van der Waals surface area contributed by atoms with E-state index in [1.54, 1.807) is 4.57 Å². The molecule has 5 rings (SSSR count). The van der Waals surface area contributed by atoms with Crippen molar-refractivity contribution >= 4 is 5.91 Å². The largest absolute Gasteiger partial charge is 0.353 e. The number of nitrogens with one attached hydrogen (secondary N) is 2. The minimum atomic E-state index is -2.56. The topological polar surface area (TPSA) is 62.8 Å². The van der Waals surface area contributed by atoms with Crippen LogP contribution in [0.1, 0.15) is 77.6 Å². The van der Waals surface area contributed by atoms with E-state index in [1.165, 1.54) is 0 Å². The van der Waals surface area contributed by atoms with Crippen LogP contribution in [0.25, 0.3) is 0 Å². The maximum absolute atomic E-state index is 14.2. The van der Waals surface area contributed by atoms with E-state index in [2.05, 4.69) is 5.32 Å². The van der Waals surface area contributed by atoms with Crippen molar-refractivity contribution in [3.63, 3.8) is 0 Å². The number of carbonyl (C=O) groups excluding carboxylic acids is 1. The molecule has 4 saturated carbocycles. The molecule has 39 heavy (non-hydrogen) atoms. The highest BCUT2D eigenvalue weighted by Gasteiger charge is 2.46. The Bertz CT molecular complexity index is 1040. The van der Waals surface area contributed by atoms with Crippen LogP contribution in [0.15, 0.2) is 12.4 Å². The van der Waals surface area contributed by atoms with E-state index in [0.29, 0.717) is 50.2 Å². The van der Waals surface area contributed by atoms with E-state index in [4.69, 9.17) is 5.41 Å². The van der Waals surface area contributed by atoms with Gasteiger partial charge in [0.05, 0.1) is 0 Å². The lowest BCUT2D eigenvalue weighted by Gasteiger charge is -2.44. The van der Waals surface area contributed by atoms with Gasteiger partial charge in [-0.1, -0.05) is 6.92 Å². The van der Waals surface area contributed by atoms with E-state index in [0.717, 1.165) is 32.1 Å². The van der Waals surface area contributed by atoms with Crippen LogP contribution in [-0.4, -0.2) is 39.9 Å².